The normalized spacial score (nSPS) is 26.1. The standard InChI is InChI=1S/C27H28FN7O3S/c1-2-29-26(38)18-13-20(23(37)22(18)36)35-25-21(33-34-35)24(30-19-12-17(19)14-6-4-3-5-7-14)31-27(32-25)39-16-10-8-15(28)9-11-16/h3-11,17-20,22-23,36-37H,2,12-13H2,1H3,(H,29,38)(H,30,31,32)/t17?,18-,19?,20+,22+,23-/m1/s1. The van der Waals surface area contributed by atoms with E-state index in [0.717, 1.165) is 11.3 Å². The van der Waals surface area contributed by atoms with E-state index in [-0.39, 0.29) is 24.2 Å². The lowest BCUT2D eigenvalue weighted by Gasteiger charge is -2.17. The van der Waals surface area contributed by atoms with Gasteiger partial charge in [-0.3, -0.25) is 4.79 Å². The van der Waals surface area contributed by atoms with Crippen molar-refractivity contribution in [2.75, 3.05) is 11.9 Å². The summed E-state index contributed by atoms with van der Waals surface area (Å²) >= 11 is 1.26. The highest BCUT2D eigenvalue weighted by Crippen LogP contribution is 2.44. The lowest BCUT2D eigenvalue weighted by molar-refractivity contribution is -0.128. The van der Waals surface area contributed by atoms with Gasteiger partial charge in [-0.15, -0.1) is 5.10 Å². The first-order chi connectivity index (χ1) is 18.9. The van der Waals surface area contributed by atoms with Crippen molar-refractivity contribution < 1.29 is 19.4 Å². The van der Waals surface area contributed by atoms with Crippen LogP contribution in [0.3, 0.4) is 0 Å². The van der Waals surface area contributed by atoms with E-state index in [4.69, 9.17) is 9.97 Å². The molecule has 0 radical (unpaired) electrons. The van der Waals surface area contributed by atoms with Gasteiger partial charge in [0.05, 0.1) is 18.1 Å². The number of hydrogen-bond donors (Lipinski definition) is 4. The van der Waals surface area contributed by atoms with Gasteiger partial charge in [-0.1, -0.05) is 35.5 Å². The van der Waals surface area contributed by atoms with Crippen molar-refractivity contribution in [2.24, 2.45) is 5.92 Å². The molecule has 0 saturated heterocycles. The topological polar surface area (TPSA) is 138 Å². The summed E-state index contributed by atoms with van der Waals surface area (Å²) < 4.78 is 14.9. The van der Waals surface area contributed by atoms with Gasteiger partial charge >= 0.3 is 0 Å². The van der Waals surface area contributed by atoms with Crippen molar-refractivity contribution in [2.45, 2.75) is 60.0 Å². The SMILES string of the molecule is CCNC(=O)[C@@H]1C[C@H](n2nnc3c(NC4CC4c4ccccc4)nc(Sc4ccc(F)cc4)nc32)[C@@H](O)[C@H]1O. The first-order valence-corrected chi connectivity index (χ1v) is 13.8. The Bertz CT molecular complexity index is 1490. The minimum Gasteiger partial charge on any atom is -0.390 e. The Labute approximate surface area is 228 Å². The lowest BCUT2D eigenvalue weighted by Crippen LogP contribution is -2.38. The number of benzene rings is 2. The van der Waals surface area contributed by atoms with Crippen LogP contribution in [-0.4, -0.2) is 65.9 Å². The molecule has 0 bridgehead atoms. The lowest BCUT2D eigenvalue weighted by atomic mass is 10.0. The van der Waals surface area contributed by atoms with Crippen LogP contribution in [0, 0.1) is 11.7 Å². The van der Waals surface area contributed by atoms with Gasteiger partial charge < -0.3 is 20.8 Å². The van der Waals surface area contributed by atoms with Crippen molar-refractivity contribution in [3.63, 3.8) is 0 Å². The van der Waals surface area contributed by atoms with E-state index in [0.29, 0.717) is 34.6 Å². The number of aliphatic hydroxyl groups is 2. The Balaban J connectivity index is 1.35. The number of nitrogens with zero attached hydrogens (tertiary/aromatic N) is 5. The molecule has 10 nitrogen and oxygen atoms in total. The second-order valence-electron chi connectivity index (χ2n) is 9.91. The van der Waals surface area contributed by atoms with Crippen molar-refractivity contribution in [3.05, 3.63) is 66.0 Å². The fraction of sp³-hybridized carbons (Fsp3) is 0.370. The summed E-state index contributed by atoms with van der Waals surface area (Å²) in [5.74, 6) is -0.593. The zero-order valence-corrected chi connectivity index (χ0v) is 21.9. The molecule has 6 rings (SSSR count). The van der Waals surface area contributed by atoms with E-state index in [1.807, 2.05) is 18.2 Å². The number of carbonyl (C=O) groups is 1. The molecular formula is C27H28FN7O3S. The maximum Gasteiger partial charge on any atom is 0.225 e. The van der Waals surface area contributed by atoms with Gasteiger partial charge in [-0.25, -0.2) is 19.0 Å². The van der Waals surface area contributed by atoms with Crippen LogP contribution in [0.5, 0.6) is 0 Å². The van der Waals surface area contributed by atoms with E-state index >= 15 is 0 Å². The van der Waals surface area contributed by atoms with E-state index in [1.54, 1.807) is 19.1 Å². The Kier molecular flexibility index (Phi) is 6.92. The van der Waals surface area contributed by atoms with Crippen LogP contribution in [-0.2, 0) is 4.79 Å². The van der Waals surface area contributed by atoms with E-state index in [9.17, 15) is 19.4 Å². The molecule has 2 aliphatic carbocycles. The number of aromatic nitrogens is 5. The van der Waals surface area contributed by atoms with Crippen molar-refractivity contribution in [1.29, 1.82) is 0 Å². The second kappa shape index (κ2) is 10.5. The molecule has 2 aromatic heterocycles. The van der Waals surface area contributed by atoms with Gasteiger partial charge in [-0.05, 0) is 61.4 Å². The largest absolute Gasteiger partial charge is 0.390 e. The van der Waals surface area contributed by atoms with Gasteiger partial charge in [-0.2, -0.15) is 0 Å². The van der Waals surface area contributed by atoms with Gasteiger partial charge in [0, 0.05) is 23.4 Å². The van der Waals surface area contributed by atoms with Gasteiger partial charge in [0.25, 0.3) is 0 Å². The first kappa shape index (κ1) is 25.7. The molecule has 4 aromatic rings. The summed E-state index contributed by atoms with van der Waals surface area (Å²) in [6.07, 6.45) is -1.36. The molecule has 0 aliphatic heterocycles. The third-order valence-electron chi connectivity index (χ3n) is 7.32. The molecular weight excluding hydrogens is 521 g/mol. The fourth-order valence-corrected chi connectivity index (χ4v) is 5.96. The summed E-state index contributed by atoms with van der Waals surface area (Å²) in [6, 6.07) is 15.7. The molecule has 202 valence electrons. The van der Waals surface area contributed by atoms with Crippen LogP contribution in [0.1, 0.15) is 37.3 Å². The second-order valence-corrected chi connectivity index (χ2v) is 10.9. The molecule has 2 fully saturated rings. The van der Waals surface area contributed by atoms with Crippen molar-refractivity contribution in [1.82, 2.24) is 30.3 Å². The summed E-state index contributed by atoms with van der Waals surface area (Å²) in [7, 11) is 0. The Morgan fingerprint density at radius 2 is 1.85 bits per heavy atom. The number of nitrogens with one attached hydrogen (secondary N) is 2. The summed E-state index contributed by atoms with van der Waals surface area (Å²) in [4.78, 5) is 22.7. The average Bonchev–Trinajstić information content (AvgIpc) is 3.48. The molecule has 1 amide bonds. The maximum absolute atomic E-state index is 13.5. The molecule has 4 N–H and O–H groups in total. The van der Waals surface area contributed by atoms with Crippen LogP contribution in [0.25, 0.3) is 11.2 Å². The van der Waals surface area contributed by atoms with Gasteiger partial charge in [0.2, 0.25) is 5.91 Å². The highest BCUT2D eigenvalue weighted by Gasteiger charge is 2.47. The number of carbonyl (C=O) groups excluding carboxylic acids is 1. The Morgan fingerprint density at radius 1 is 1.08 bits per heavy atom. The number of anilines is 1. The summed E-state index contributed by atoms with van der Waals surface area (Å²) in [6.45, 7) is 2.22. The molecule has 0 spiro atoms. The number of hydrogen-bond acceptors (Lipinski definition) is 9. The van der Waals surface area contributed by atoms with E-state index in [1.165, 1.54) is 34.1 Å². The average molecular weight is 550 g/mol. The zero-order valence-electron chi connectivity index (χ0n) is 21.1. The molecule has 39 heavy (non-hydrogen) atoms. The smallest absolute Gasteiger partial charge is 0.225 e. The minimum atomic E-state index is -1.24. The molecule has 6 atom stereocenters. The molecule has 2 heterocycles. The fourth-order valence-electron chi connectivity index (χ4n) is 5.20. The summed E-state index contributed by atoms with van der Waals surface area (Å²) in [5, 5.41) is 36.7. The first-order valence-electron chi connectivity index (χ1n) is 12.9. The third-order valence-corrected chi connectivity index (χ3v) is 8.19. The van der Waals surface area contributed by atoms with Crippen LogP contribution in [0.15, 0.2) is 64.6 Å². The highest BCUT2D eigenvalue weighted by molar-refractivity contribution is 7.99. The van der Waals surface area contributed by atoms with Crippen LogP contribution >= 0.6 is 11.8 Å². The third kappa shape index (κ3) is 5.07. The minimum absolute atomic E-state index is 0.153. The predicted octanol–water partition coefficient (Wildman–Crippen LogP) is 2.90. The summed E-state index contributed by atoms with van der Waals surface area (Å²) in [5.41, 5.74) is 2.05. The number of fused-ring (bicyclic) bond motifs is 1. The quantitative estimate of drug-likeness (QED) is 0.244. The van der Waals surface area contributed by atoms with Gasteiger partial charge in [0.15, 0.2) is 22.1 Å². The zero-order chi connectivity index (χ0) is 27.1. The molecule has 2 saturated carbocycles. The van der Waals surface area contributed by atoms with Crippen LogP contribution in [0.2, 0.25) is 0 Å². The number of aliphatic hydroxyl groups excluding tert-OH is 2. The highest BCUT2D eigenvalue weighted by atomic mass is 32.2. The van der Waals surface area contributed by atoms with Gasteiger partial charge in [0.1, 0.15) is 11.9 Å². The Morgan fingerprint density at radius 3 is 2.59 bits per heavy atom. The maximum atomic E-state index is 13.5. The van der Waals surface area contributed by atoms with Crippen LogP contribution in [0.4, 0.5) is 10.2 Å². The number of halogens is 1. The molecule has 2 unspecified atom stereocenters. The molecule has 2 aromatic carbocycles. The predicted molar refractivity (Wildman–Crippen MR) is 143 cm³/mol. The van der Waals surface area contributed by atoms with Crippen LogP contribution < -0.4 is 10.6 Å². The Hall–Kier alpha value is -3.61. The van der Waals surface area contributed by atoms with Crippen molar-refractivity contribution in [3.8, 4) is 0 Å². The number of rotatable bonds is 8. The van der Waals surface area contributed by atoms with E-state index in [2.05, 4.69) is 33.1 Å². The van der Waals surface area contributed by atoms with E-state index < -0.39 is 24.2 Å². The number of amides is 1. The van der Waals surface area contributed by atoms with Crippen molar-refractivity contribution >= 4 is 34.7 Å². The molecule has 2 aliphatic rings. The molecule has 12 heteroatoms. The monoisotopic (exact) mass is 549 g/mol.